The van der Waals surface area contributed by atoms with Crippen molar-refractivity contribution in [3.8, 4) is 17.2 Å². The normalized spacial score (nSPS) is 10.3. The summed E-state index contributed by atoms with van der Waals surface area (Å²) in [4.78, 5) is 11.6. The molecular weight excluding hydrogens is 328 g/mol. The molecule has 132 valence electrons. The number of para-hydroxylation sites is 2. The maximum absolute atomic E-state index is 11.6. The van der Waals surface area contributed by atoms with E-state index >= 15 is 0 Å². The molecule has 1 N–H and O–H groups in total. The molecule has 0 heterocycles. The number of aromatic hydroxyl groups is 1. The second kappa shape index (κ2) is 8.21. The molecule has 3 aromatic carbocycles. The third kappa shape index (κ3) is 4.42. The van der Waals surface area contributed by atoms with Crippen LogP contribution in [0.2, 0.25) is 0 Å². The summed E-state index contributed by atoms with van der Waals surface area (Å²) in [5.74, 6) is 1.27. The quantitative estimate of drug-likeness (QED) is 0.667. The van der Waals surface area contributed by atoms with Crippen molar-refractivity contribution >= 4 is 5.97 Å². The minimum absolute atomic E-state index is 0.154. The first-order valence-electron chi connectivity index (χ1n) is 8.34. The highest BCUT2D eigenvalue weighted by Crippen LogP contribution is 2.30. The Hall–Kier alpha value is -3.27. The van der Waals surface area contributed by atoms with Crippen LogP contribution in [-0.4, -0.2) is 18.2 Å². The van der Waals surface area contributed by atoms with Crippen molar-refractivity contribution < 1.29 is 19.4 Å². The fraction of sp³-hybridized carbons (Fsp3) is 0.136. The van der Waals surface area contributed by atoms with E-state index in [2.05, 4.69) is 0 Å². The van der Waals surface area contributed by atoms with Gasteiger partial charge in [0.2, 0.25) is 0 Å². The van der Waals surface area contributed by atoms with Gasteiger partial charge in [-0.15, -0.1) is 0 Å². The maximum atomic E-state index is 11.6. The van der Waals surface area contributed by atoms with E-state index in [4.69, 9.17) is 9.47 Å². The first-order valence-corrected chi connectivity index (χ1v) is 8.34. The van der Waals surface area contributed by atoms with Crippen LogP contribution < -0.4 is 4.74 Å². The summed E-state index contributed by atoms with van der Waals surface area (Å²) in [6.45, 7) is 0. The van der Waals surface area contributed by atoms with Crippen molar-refractivity contribution in [3.63, 3.8) is 0 Å². The molecule has 26 heavy (non-hydrogen) atoms. The third-order valence-electron chi connectivity index (χ3n) is 4.03. The molecule has 4 nitrogen and oxygen atoms in total. The molecule has 0 unspecified atom stereocenters. The van der Waals surface area contributed by atoms with E-state index in [9.17, 15) is 9.90 Å². The smallest absolute Gasteiger partial charge is 0.310 e. The van der Waals surface area contributed by atoms with Crippen molar-refractivity contribution in [2.24, 2.45) is 0 Å². The number of hydrogen-bond acceptors (Lipinski definition) is 4. The molecule has 3 rings (SSSR count). The highest BCUT2D eigenvalue weighted by Gasteiger charge is 2.12. The van der Waals surface area contributed by atoms with Gasteiger partial charge in [0, 0.05) is 12.0 Å². The summed E-state index contributed by atoms with van der Waals surface area (Å²) in [5, 5.41) is 9.66. The highest BCUT2D eigenvalue weighted by molar-refractivity contribution is 5.73. The van der Waals surface area contributed by atoms with E-state index in [-0.39, 0.29) is 18.1 Å². The van der Waals surface area contributed by atoms with Crippen molar-refractivity contribution in [3.05, 3.63) is 89.5 Å². The second-order valence-electron chi connectivity index (χ2n) is 5.92. The van der Waals surface area contributed by atoms with E-state index in [0.717, 1.165) is 16.7 Å². The van der Waals surface area contributed by atoms with E-state index in [1.807, 2.05) is 60.7 Å². The first kappa shape index (κ1) is 17.5. The molecule has 0 fully saturated rings. The molecule has 0 spiro atoms. The molecule has 4 heteroatoms. The van der Waals surface area contributed by atoms with Crippen LogP contribution in [0.4, 0.5) is 0 Å². The van der Waals surface area contributed by atoms with Gasteiger partial charge < -0.3 is 14.6 Å². The van der Waals surface area contributed by atoms with Gasteiger partial charge >= 0.3 is 5.97 Å². The highest BCUT2D eigenvalue weighted by atomic mass is 16.5. The number of phenols is 1. The van der Waals surface area contributed by atoms with Crippen LogP contribution in [0.3, 0.4) is 0 Å². The Morgan fingerprint density at radius 3 is 2.23 bits per heavy atom. The Bertz CT molecular complexity index is 902. The maximum Gasteiger partial charge on any atom is 0.310 e. The third-order valence-corrected chi connectivity index (χ3v) is 4.03. The summed E-state index contributed by atoms with van der Waals surface area (Å²) >= 11 is 0. The number of phenolic OH excluding ortho intramolecular Hbond substituents is 1. The Kier molecular flexibility index (Phi) is 5.54. The summed E-state index contributed by atoms with van der Waals surface area (Å²) in [7, 11) is 1.37. The average molecular weight is 348 g/mol. The van der Waals surface area contributed by atoms with Crippen LogP contribution in [0.1, 0.15) is 16.7 Å². The molecule has 0 saturated carbocycles. The lowest BCUT2D eigenvalue weighted by atomic mass is 10.0. The van der Waals surface area contributed by atoms with Gasteiger partial charge in [0.15, 0.2) is 0 Å². The van der Waals surface area contributed by atoms with Crippen LogP contribution in [0.15, 0.2) is 72.8 Å². The summed E-state index contributed by atoms with van der Waals surface area (Å²) in [6, 6.07) is 22.3. The predicted octanol–water partition coefficient (Wildman–Crippen LogP) is 4.49. The van der Waals surface area contributed by atoms with E-state index < -0.39 is 0 Å². The number of carbonyl (C=O) groups is 1. The van der Waals surface area contributed by atoms with E-state index in [1.54, 1.807) is 12.1 Å². The molecule has 0 radical (unpaired) electrons. The molecule has 0 atom stereocenters. The van der Waals surface area contributed by atoms with Gasteiger partial charge in [-0.1, -0.05) is 48.5 Å². The lowest BCUT2D eigenvalue weighted by molar-refractivity contribution is -0.139. The number of benzene rings is 3. The van der Waals surface area contributed by atoms with Gasteiger partial charge in [0.1, 0.15) is 17.2 Å². The lowest BCUT2D eigenvalue weighted by Crippen LogP contribution is -2.05. The Morgan fingerprint density at radius 1 is 0.885 bits per heavy atom. The second-order valence-corrected chi connectivity index (χ2v) is 5.92. The van der Waals surface area contributed by atoms with E-state index in [1.165, 1.54) is 7.11 Å². The number of ether oxygens (including phenoxy) is 2. The zero-order valence-corrected chi connectivity index (χ0v) is 14.5. The number of carbonyl (C=O) groups excluding carboxylic acids is 1. The van der Waals surface area contributed by atoms with E-state index in [0.29, 0.717) is 17.9 Å². The minimum atomic E-state index is -0.311. The van der Waals surface area contributed by atoms with Gasteiger partial charge in [-0.25, -0.2) is 0 Å². The predicted molar refractivity (Wildman–Crippen MR) is 99.6 cm³/mol. The standard InChI is InChI=1S/C22H20O4/c1-25-22(24)15-18-9-3-5-12-21(18)26-20-11-4-2-8-17(20)13-16-7-6-10-19(23)14-16/h2-12,14,23H,13,15H2,1H3. The van der Waals surface area contributed by atoms with Crippen LogP contribution >= 0.6 is 0 Å². The summed E-state index contributed by atoms with van der Waals surface area (Å²) < 4.78 is 10.9. The van der Waals surface area contributed by atoms with Gasteiger partial charge in [0.25, 0.3) is 0 Å². The van der Waals surface area contributed by atoms with Crippen molar-refractivity contribution in [1.29, 1.82) is 0 Å². The van der Waals surface area contributed by atoms with Crippen LogP contribution in [0, 0.1) is 0 Å². The summed E-state index contributed by atoms with van der Waals surface area (Å²) in [6.07, 6.45) is 0.783. The van der Waals surface area contributed by atoms with Gasteiger partial charge in [-0.3, -0.25) is 4.79 Å². The fourth-order valence-electron chi connectivity index (χ4n) is 2.73. The molecule has 0 amide bonds. The molecule has 0 saturated heterocycles. The Labute approximate surface area is 152 Å². The fourth-order valence-corrected chi connectivity index (χ4v) is 2.73. The molecule has 0 aromatic heterocycles. The van der Waals surface area contributed by atoms with Crippen LogP contribution in [0.5, 0.6) is 17.2 Å². The van der Waals surface area contributed by atoms with Crippen molar-refractivity contribution in [2.45, 2.75) is 12.8 Å². The lowest BCUT2D eigenvalue weighted by Gasteiger charge is -2.14. The minimum Gasteiger partial charge on any atom is -0.508 e. The largest absolute Gasteiger partial charge is 0.508 e. The Balaban J connectivity index is 1.86. The van der Waals surface area contributed by atoms with Crippen LogP contribution in [-0.2, 0) is 22.4 Å². The number of esters is 1. The molecule has 0 aliphatic heterocycles. The zero-order valence-electron chi connectivity index (χ0n) is 14.5. The average Bonchev–Trinajstić information content (AvgIpc) is 2.65. The molecular formula is C22H20O4. The molecule has 0 bridgehead atoms. The molecule has 3 aromatic rings. The SMILES string of the molecule is COC(=O)Cc1ccccc1Oc1ccccc1Cc1cccc(O)c1. The van der Waals surface area contributed by atoms with Gasteiger partial charge in [-0.2, -0.15) is 0 Å². The zero-order chi connectivity index (χ0) is 18.4. The molecule has 0 aliphatic carbocycles. The van der Waals surface area contributed by atoms with Crippen molar-refractivity contribution in [2.75, 3.05) is 7.11 Å². The number of rotatable bonds is 6. The molecule has 0 aliphatic rings. The topological polar surface area (TPSA) is 55.8 Å². The number of methoxy groups -OCH3 is 1. The number of hydrogen-bond donors (Lipinski definition) is 1. The monoisotopic (exact) mass is 348 g/mol. The van der Waals surface area contributed by atoms with Gasteiger partial charge in [-0.05, 0) is 35.4 Å². The van der Waals surface area contributed by atoms with Gasteiger partial charge in [0.05, 0.1) is 13.5 Å². The Morgan fingerprint density at radius 2 is 1.54 bits per heavy atom. The summed E-state index contributed by atoms with van der Waals surface area (Å²) in [5.41, 5.74) is 2.75. The van der Waals surface area contributed by atoms with Crippen molar-refractivity contribution in [1.82, 2.24) is 0 Å². The van der Waals surface area contributed by atoms with Crippen LogP contribution in [0.25, 0.3) is 0 Å². The first-order chi connectivity index (χ1) is 12.7.